The summed E-state index contributed by atoms with van der Waals surface area (Å²) >= 11 is 0. The highest BCUT2D eigenvalue weighted by molar-refractivity contribution is 5.91. The number of rotatable bonds is 10. The maximum absolute atomic E-state index is 11.5. The third kappa shape index (κ3) is 6.45. The molecule has 0 atom stereocenters. The molecule has 1 aromatic rings. The van der Waals surface area contributed by atoms with Crippen molar-refractivity contribution >= 4 is 11.8 Å². The van der Waals surface area contributed by atoms with Crippen molar-refractivity contribution in [3.8, 4) is 0 Å². The quantitative estimate of drug-likeness (QED) is 0.374. The maximum atomic E-state index is 11.5. The first-order chi connectivity index (χ1) is 9.63. The number of ether oxygens (including phenoxy) is 1. The van der Waals surface area contributed by atoms with Crippen molar-refractivity contribution in [2.45, 2.75) is 58.9 Å². The lowest BCUT2D eigenvalue weighted by molar-refractivity contribution is -0.144. The summed E-state index contributed by atoms with van der Waals surface area (Å²) in [6.45, 7) is 4.03. The number of unbranched alkanes of at least 4 members (excludes halogenated alkanes) is 5. The highest BCUT2D eigenvalue weighted by atomic mass is 16.5. The van der Waals surface area contributed by atoms with Gasteiger partial charge in [-0.15, -0.1) is 5.10 Å². The van der Waals surface area contributed by atoms with Gasteiger partial charge in [0.2, 0.25) is 0 Å². The lowest BCUT2D eigenvalue weighted by atomic mass is 10.1. The summed E-state index contributed by atoms with van der Waals surface area (Å²) in [6.07, 6.45) is 8.37. The van der Waals surface area contributed by atoms with Crippen LogP contribution >= 0.6 is 0 Å². The molecular formula is C14H23N3O3. The lowest BCUT2D eigenvalue weighted by Gasteiger charge is -2.04. The molecule has 0 aliphatic rings. The van der Waals surface area contributed by atoms with E-state index in [2.05, 4.69) is 17.2 Å². The first-order valence-corrected chi connectivity index (χ1v) is 7.20. The smallest absolute Gasteiger partial charge is 0.327 e. The monoisotopic (exact) mass is 281 g/mol. The molecule has 0 saturated carbocycles. The Kier molecular flexibility index (Phi) is 7.54. The molecule has 0 N–H and O–H groups in total. The van der Waals surface area contributed by atoms with Gasteiger partial charge in [0.1, 0.15) is 12.2 Å². The molecule has 0 radical (unpaired) electrons. The number of Topliss-reactive ketones (excluding diaryl/α,β-unsaturated/α-hetero) is 1. The standard InChI is InChI=1S/C14H23N3O3/c1-3-4-5-6-7-8-9-20-14(19)11-17-10-13(12(2)18)15-16-17/h10H,3-9,11H2,1-2H3. The van der Waals surface area contributed by atoms with Crippen molar-refractivity contribution in [1.29, 1.82) is 0 Å². The first kappa shape index (κ1) is 16.3. The van der Waals surface area contributed by atoms with Crippen LogP contribution in [0.15, 0.2) is 6.20 Å². The Morgan fingerprint density at radius 3 is 2.55 bits per heavy atom. The zero-order chi connectivity index (χ0) is 14.8. The molecular weight excluding hydrogens is 258 g/mol. The van der Waals surface area contributed by atoms with Crippen LogP contribution in [0.1, 0.15) is 62.9 Å². The summed E-state index contributed by atoms with van der Waals surface area (Å²) in [4.78, 5) is 22.6. The second-order valence-electron chi connectivity index (χ2n) is 4.85. The van der Waals surface area contributed by atoms with Crippen LogP contribution in [-0.2, 0) is 16.1 Å². The predicted octanol–water partition coefficient (Wildman–Crippen LogP) is 2.38. The molecule has 0 amide bonds. The maximum Gasteiger partial charge on any atom is 0.327 e. The van der Waals surface area contributed by atoms with E-state index in [0.29, 0.717) is 6.61 Å². The van der Waals surface area contributed by atoms with Gasteiger partial charge in [-0.05, 0) is 6.42 Å². The van der Waals surface area contributed by atoms with Crippen LogP contribution in [0.4, 0.5) is 0 Å². The summed E-state index contributed by atoms with van der Waals surface area (Å²) in [5, 5.41) is 7.36. The second-order valence-corrected chi connectivity index (χ2v) is 4.85. The average Bonchev–Trinajstić information content (AvgIpc) is 2.86. The van der Waals surface area contributed by atoms with Crippen molar-refractivity contribution in [1.82, 2.24) is 15.0 Å². The zero-order valence-electron chi connectivity index (χ0n) is 12.3. The topological polar surface area (TPSA) is 74.1 Å². The van der Waals surface area contributed by atoms with Crippen LogP contribution in [0.2, 0.25) is 0 Å². The van der Waals surface area contributed by atoms with Crippen molar-refractivity contribution in [3.05, 3.63) is 11.9 Å². The third-order valence-corrected chi connectivity index (χ3v) is 2.95. The van der Waals surface area contributed by atoms with E-state index in [1.807, 2.05) is 0 Å². The van der Waals surface area contributed by atoms with E-state index >= 15 is 0 Å². The van der Waals surface area contributed by atoms with E-state index in [9.17, 15) is 9.59 Å². The molecule has 6 heteroatoms. The minimum atomic E-state index is -0.349. The summed E-state index contributed by atoms with van der Waals surface area (Å²) in [6, 6.07) is 0. The first-order valence-electron chi connectivity index (χ1n) is 7.20. The molecule has 1 heterocycles. The van der Waals surface area contributed by atoms with Gasteiger partial charge >= 0.3 is 5.97 Å². The molecule has 0 bridgehead atoms. The van der Waals surface area contributed by atoms with Crippen LogP contribution in [-0.4, -0.2) is 33.4 Å². The van der Waals surface area contributed by atoms with E-state index in [4.69, 9.17) is 4.74 Å². The molecule has 1 aromatic heterocycles. The van der Waals surface area contributed by atoms with Gasteiger partial charge in [0, 0.05) is 6.92 Å². The zero-order valence-corrected chi connectivity index (χ0v) is 12.3. The van der Waals surface area contributed by atoms with Crippen molar-refractivity contribution in [2.24, 2.45) is 0 Å². The van der Waals surface area contributed by atoms with E-state index in [0.717, 1.165) is 12.8 Å². The highest BCUT2D eigenvalue weighted by Gasteiger charge is 2.09. The van der Waals surface area contributed by atoms with Crippen LogP contribution < -0.4 is 0 Å². The molecule has 6 nitrogen and oxygen atoms in total. The average molecular weight is 281 g/mol. The van der Waals surface area contributed by atoms with E-state index < -0.39 is 0 Å². The molecule has 0 spiro atoms. The molecule has 0 aliphatic carbocycles. The number of ketones is 1. The van der Waals surface area contributed by atoms with E-state index in [1.165, 1.54) is 43.5 Å². The molecule has 0 fully saturated rings. The Labute approximate surface area is 119 Å². The van der Waals surface area contributed by atoms with Gasteiger partial charge in [0.25, 0.3) is 0 Å². The van der Waals surface area contributed by atoms with Gasteiger partial charge in [0.15, 0.2) is 5.78 Å². The Hall–Kier alpha value is -1.72. The SMILES string of the molecule is CCCCCCCCOC(=O)Cn1cc(C(C)=O)nn1. The van der Waals surface area contributed by atoms with Crippen molar-refractivity contribution < 1.29 is 14.3 Å². The minimum Gasteiger partial charge on any atom is -0.464 e. The Bertz CT molecular complexity index is 429. The fourth-order valence-corrected chi connectivity index (χ4v) is 1.78. The van der Waals surface area contributed by atoms with Crippen LogP contribution in [0, 0.1) is 0 Å². The van der Waals surface area contributed by atoms with Gasteiger partial charge in [-0.25, -0.2) is 4.68 Å². The number of hydrogen-bond acceptors (Lipinski definition) is 5. The summed E-state index contributed by atoms with van der Waals surface area (Å²) in [5.41, 5.74) is 0.258. The third-order valence-electron chi connectivity index (χ3n) is 2.95. The largest absolute Gasteiger partial charge is 0.464 e. The number of aromatic nitrogens is 3. The Morgan fingerprint density at radius 2 is 1.90 bits per heavy atom. The lowest BCUT2D eigenvalue weighted by Crippen LogP contribution is -2.14. The summed E-state index contributed by atoms with van der Waals surface area (Å²) in [5.74, 6) is -0.518. The van der Waals surface area contributed by atoms with Crippen molar-refractivity contribution in [2.75, 3.05) is 6.61 Å². The van der Waals surface area contributed by atoms with Gasteiger partial charge in [0.05, 0.1) is 12.8 Å². The Balaban J connectivity index is 2.12. The number of esters is 1. The number of nitrogens with zero attached hydrogens (tertiary/aromatic N) is 3. The van der Waals surface area contributed by atoms with E-state index in [1.54, 1.807) is 0 Å². The predicted molar refractivity (Wildman–Crippen MR) is 74.4 cm³/mol. The summed E-state index contributed by atoms with van der Waals surface area (Å²) < 4.78 is 6.43. The molecule has 0 saturated heterocycles. The molecule has 0 aliphatic heterocycles. The Morgan fingerprint density at radius 1 is 1.20 bits per heavy atom. The van der Waals surface area contributed by atoms with Crippen molar-refractivity contribution in [3.63, 3.8) is 0 Å². The second kappa shape index (κ2) is 9.23. The normalized spacial score (nSPS) is 10.5. The van der Waals surface area contributed by atoms with Crippen LogP contribution in [0.3, 0.4) is 0 Å². The number of hydrogen-bond donors (Lipinski definition) is 0. The molecule has 112 valence electrons. The van der Waals surface area contributed by atoms with Gasteiger partial charge in [-0.3, -0.25) is 9.59 Å². The van der Waals surface area contributed by atoms with Gasteiger partial charge in [-0.1, -0.05) is 44.2 Å². The van der Waals surface area contributed by atoms with E-state index in [-0.39, 0.29) is 24.0 Å². The van der Waals surface area contributed by atoms with Crippen LogP contribution in [0.25, 0.3) is 0 Å². The molecule has 1 rings (SSSR count). The number of carbonyl (C=O) groups excluding carboxylic acids is 2. The fourth-order valence-electron chi connectivity index (χ4n) is 1.78. The molecule has 20 heavy (non-hydrogen) atoms. The minimum absolute atomic E-state index is 0.00385. The fraction of sp³-hybridized carbons (Fsp3) is 0.714. The van der Waals surface area contributed by atoms with Gasteiger partial charge in [-0.2, -0.15) is 0 Å². The van der Waals surface area contributed by atoms with Gasteiger partial charge < -0.3 is 4.74 Å². The highest BCUT2D eigenvalue weighted by Crippen LogP contribution is 2.05. The van der Waals surface area contributed by atoms with Crippen LogP contribution in [0.5, 0.6) is 0 Å². The number of carbonyl (C=O) groups is 2. The molecule has 0 aromatic carbocycles. The molecule has 0 unspecified atom stereocenters. The summed E-state index contributed by atoms with van der Waals surface area (Å²) in [7, 11) is 0.